The van der Waals surface area contributed by atoms with Crippen LogP contribution in [0.4, 0.5) is 5.69 Å². The Labute approximate surface area is 143 Å². The number of carboxylic acid groups (broad SMARTS) is 1. The van der Waals surface area contributed by atoms with Crippen LogP contribution in [-0.4, -0.2) is 45.3 Å². The van der Waals surface area contributed by atoms with Crippen molar-refractivity contribution < 1.29 is 23.1 Å². The van der Waals surface area contributed by atoms with Gasteiger partial charge in [-0.3, -0.25) is 0 Å². The minimum absolute atomic E-state index is 0.0622. The van der Waals surface area contributed by atoms with Crippen LogP contribution in [0.15, 0.2) is 23.1 Å². The number of methoxy groups -OCH3 is 1. The molecule has 0 aliphatic carbocycles. The van der Waals surface area contributed by atoms with E-state index in [1.807, 2.05) is 13.8 Å². The van der Waals surface area contributed by atoms with Crippen molar-refractivity contribution in [3.8, 4) is 0 Å². The summed E-state index contributed by atoms with van der Waals surface area (Å²) >= 11 is 0. The van der Waals surface area contributed by atoms with Gasteiger partial charge in [0, 0.05) is 24.9 Å². The van der Waals surface area contributed by atoms with Gasteiger partial charge in [-0.15, -0.1) is 0 Å². The van der Waals surface area contributed by atoms with Crippen LogP contribution in [-0.2, 0) is 14.8 Å². The number of hydrogen-bond acceptors (Lipinski definition) is 5. The van der Waals surface area contributed by atoms with Crippen molar-refractivity contribution in [1.29, 1.82) is 0 Å². The molecule has 7 nitrogen and oxygen atoms in total. The molecule has 0 aromatic heterocycles. The van der Waals surface area contributed by atoms with Gasteiger partial charge in [-0.25, -0.2) is 17.9 Å². The largest absolute Gasteiger partial charge is 0.478 e. The highest BCUT2D eigenvalue weighted by atomic mass is 32.2. The van der Waals surface area contributed by atoms with Crippen LogP contribution in [0, 0.1) is 0 Å². The molecule has 0 aliphatic rings. The second-order valence-electron chi connectivity index (χ2n) is 5.82. The van der Waals surface area contributed by atoms with Gasteiger partial charge in [0.1, 0.15) is 0 Å². The minimum Gasteiger partial charge on any atom is -0.478 e. The van der Waals surface area contributed by atoms with Crippen LogP contribution < -0.4 is 10.0 Å². The number of benzene rings is 1. The fourth-order valence-electron chi connectivity index (χ4n) is 2.38. The maximum absolute atomic E-state index is 12.4. The summed E-state index contributed by atoms with van der Waals surface area (Å²) in [4.78, 5) is 11.4. The summed E-state index contributed by atoms with van der Waals surface area (Å²) < 4.78 is 32.3. The molecule has 0 saturated carbocycles. The Hall–Kier alpha value is -1.64. The minimum atomic E-state index is -3.76. The average molecular weight is 358 g/mol. The van der Waals surface area contributed by atoms with Crippen LogP contribution in [0.5, 0.6) is 0 Å². The summed E-state index contributed by atoms with van der Waals surface area (Å²) in [5.41, 5.74) is 0.261. The Balaban J connectivity index is 3.11. The molecule has 0 heterocycles. The second kappa shape index (κ2) is 9.00. The number of anilines is 1. The highest BCUT2D eigenvalue weighted by molar-refractivity contribution is 7.89. The van der Waals surface area contributed by atoms with Crippen molar-refractivity contribution in [3.63, 3.8) is 0 Å². The first-order valence-corrected chi connectivity index (χ1v) is 9.34. The van der Waals surface area contributed by atoms with Gasteiger partial charge < -0.3 is 15.2 Å². The van der Waals surface area contributed by atoms with Gasteiger partial charge in [0.15, 0.2) is 0 Å². The van der Waals surface area contributed by atoms with Gasteiger partial charge >= 0.3 is 5.97 Å². The summed E-state index contributed by atoms with van der Waals surface area (Å²) in [6.07, 6.45) is 1.56. The maximum atomic E-state index is 12.4. The molecule has 0 bridgehead atoms. The van der Waals surface area contributed by atoms with Gasteiger partial charge in [-0.2, -0.15) is 0 Å². The quantitative estimate of drug-likeness (QED) is 0.593. The Morgan fingerprint density at radius 1 is 1.29 bits per heavy atom. The number of carbonyl (C=O) groups is 1. The van der Waals surface area contributed by atoms with Crippen LogP contribution in [0.25, 0.3) is 0 Å². The van der Waals surface area contributed by atoms with Crippen molar-refractivity contribution in [3.05, 3.63) is 23.8 Å². The van der Waals surface area contributed by atoms with Crippen molar-refractivity contribution in [1.82, 2.24) is 4.72 Å². The molecular formula is C16H26N2O5S. The smallest absolute Gasteiger partial charge is 0.337 e. The molecule has 2 atom stereocenters. The Kier molecular flexibility index (Phi) is 7.65. The third-order valence-electron chi connectivity index (χ3n) is 3.43. The fraction of sp³-hybridized carbons (Fsp3) is 0.562. The fourth-order valence-corrected chi connectivity index (χ4v) is 3.68. The Bertz CT molecular complexity index is 660. The number of hydrogen-bond donors (Lipinski definition) is 3. The van der Waals surface area contributed by atoms with Crippen LogP contribution in [0.1, 0.15) is 44.0 Å². The molecule has 8 heteroatoms. The number of sulfonamides is 1. The molecule has 0 saturated heterocycles. The van der Waals surface area contributed by atoms with E-state index in [1.165, 1.54) is 18.2 Å². The van der Waals surface area contributed by atoms with Crippen LogP contribution >= 0.6 is 0 Å². The molecule has 0 radical (unpaired) electrons. The zero-order valence-electron chi connectivity index (χ0n) is 14.5. The molecule has 0 fully saturated rings. The van der Waals surface area contributed by atoms with E-state index in [4.69, 9.17) is 4.74 Å². The zero-order valence-corrected chi connectivity index (χ0v) is 15.3. The SMILES string of the molecule is CCC[C@@H](C)NS(=O)(=O)c1ccc(N[C@@H](C)COC)c(C(=O)O)c1. The number of rotatable bonds is 10. The zero-order chi connectivity index (χ0) is 18.3. The van der Waals surface area contributed by atoms with Crippen LogP contribution in [0.2, 0.25) is 0 Å². The van der Waals surface area contributed by atoms with E-state index < -0.39 is 16.0 Å². The summed E-state index contributed by atoms with van der Waals surface area (Å²) in [5.74, 6) is -1.19. The van der Waals surface area contributed by atoms with Gasteiger partial charge in [0.05, 0.1) is 17.1 Å². The van der Waals surface area contributed by atoms with E-state index in [0.29, 0.717) is 18.7 Å². The predicted octanol–water partition coefficient (Wildman–Crippen LogP) is 2.30. The normalized spacial score (nSPS) is 14.2. The Morgan fingerprint density at radius 3 is 2.50 bits per heavy atom. The van der Waals surface area contributed by atoms with Crippen molar-refractivity contribution >= 4 is 21.7 Å². The van der Waals surface area contributed by atoms with Crippen LogP contribution in [0.3, 0.4) is 0 Å². The highest BCUT2D eigenvalue weighted by Gasteiger charge is 2.21. The molecular weight excluding hydrogens is 332 g/mol. The topological polar surface area (TPSA) is 105 Å². The molecule has 1 aromatic rings. The first-order valence-electron chi connectivity index (χ1n) is 7.86. The van der Waals surface area contributed by atoms with Gasteiger partial charge in [0.25, 0.3) is 0 Å². The lowest BCUT2D eigenvalue weighted by Gasteiger charge is -2.18. The summed E-state index contributed by atoms with van der Waals surface area (Å²) in [5, 5.41) is 12.4. The summed E-state index contributed by atoms with van der Waals surface area (Å²) in [6, 6.07) is 3.71. The Morgan fingerprint density at radius 2 is 1.96 bits per heavy atom. The van der Waals surface area contributed by atoms with E-state index in [0.717, 1.165) is 6.42 Å². The van der Waals surface area contributed by atoms with Gasteiger partial charge in [-0.05, 0) is 38.5 Å². The van der Waals surface area contributed by atoms with E-state index in [-0.39, 0.29) is 22.5 Å². The molecule has 0 aliphatic heterocycles. The van der Waals surface area contributed by atoms with E-state index in [2.05, 4.69) is 10.0 Å². The van der Waals surface area contributed by atoms with Crippen molar-refractivity contribution in [2.24, 2.45) is 0 Å². The van der Waals surface area contributed by atoms with Gasteiger partial charge in [-0.1, -0.05) is 13.3 Å². The summed E-state index contributed by atoms with van der Waals surface area (Å²) in [7, 11) is -2.21. The first-order chi connectivity index (χ1) is 11.2. The molecule has 1 rings (SSSR count). The molecule has 0 amide bonds. The molecule has 0 unspecified atom stereocenters. The molecule has 3 N–H and O–H groups in total. The van der Waals surface area contributed by atoms with E-state index >= 15 is 0 Å². The average Bonchev–Trinajstić information content (AvgIpc) is 2.47. The van der Waals surface area contributed by atoms with E-state index in [1.54, 1.807) is 14.0 Å². The monoisotopic (exact) mass is 358 g/mol. The number of ether oxygens (including phenoxy) is 1. The lowest BCUT2D eigenvalue weighted by Crippen LogP contribution is -2.32. The number of carboxylic acids is 1. The number of aromatic carboxylic acids is 1. The summed E-state index contributed by atoms with van der Waals surface area (Å²) in [6.45, 7) is 5.99. The number of nitrogens with one attached hydrogen (secondary N) is 2. The molecule has 136 valence electrons. The second-order valence-corrected chi connectivity index (χ2v) is 7.54. The molecule has 0 spiro atoms. The highest BCUT2D eigenvalue weighted by Crippen LogP contribution is 2.22. The third-order valence-corrected chi connectivity index (χ3v) is 5.02. The van der Waals surface area contributed by atoms with E-state index in [9.17, 15) is 18.3 Å². The van der Waals surface area contributed by atoms with Crippen molar-refractivity contribution in [2.75, 3.05) is 19.0 Å². The lowest BCUT2D eigenvalue weighted by molar-refractivity contribution is 0.0697. The van der Waals surface area contributed by atoms with Crippen molar-refractivity contribution in [2.45, 2.75) is 50.6 Å². The first kappa shape index (κ1) is 20.4. The standard InChI is InChI=1S/C16H26N2O5S/c1-5-6-11(2)18-24(21,22)13-7-8-15(14(9-13)16(19)20)17-12(3)10-23-4/h7-9,11-12,17-18H,5-6,10H2,1-4H3,(H,19,20)/t11-,12+/m1/s1. The lowest BCUT2D eigenvalue weighted by atomic mass is 10.1. The van der Waals surface area contributed by atoms with Gasteiger partial charge in [0.2, 0.25) is 10.0 Å². The predicted molar refractivity (Wildman–Crippen MR) is 93.1 cm³/mol. The maximum Gasteiger partial charge on any atom is 0.337 e. The molecule has 24 heavy (non-hydrogen) atoms. The molecule has 1 aromatic carbocycles. The third kappa shape index (κ3) is 5.77.